The highest BCUT2D eigenvalue weighted by Gasteiger charge is 2.29. The van der Waals surface area contributed by atoms with Crippen molar-refractivity contribution >= 4 is 27.5 Å². The van der Waals surface area contributed by atoms with Crippen LogP contribution < -0.4 is 9.62 Å². The van der Waals surface area contributed by atoms with E-state index in [-0.39, 0.29) is 24.8 Å². The van der Waals surface area contributed by atoms with Crippen molar-refractivity contribution in [1.82, 2.24) is 10.2 Å². The number of hydrogen-bond acceptors (Lipinski definition) is 4. The summed E-state index contributed by atoms with van der Waals surface area (Å²) in [6.07, 6.45) is 2.14. The standard InChI is InChI=1S/C28H41N3O4S/c1-7-26(28(33)29-19-21(2)3)30(20-24-15-13-22(4)14-16-24)27(32)12-9-17-31(36(6,34)35)25-11-8-10-23(5)18-25/h8,10-11,13-16,18,21,26H,7,9,12,17,19-20H2,1-6H3,(H,29,33). The van der Waals surface area contributed by atoms with Gasteiger partial charge in [0.1, 0.15) is 6.04 Å². The number of rotatable bonds is 13. The second-order valence-corrected chi connectivity index (χ2v) is 11.8. The number of nitrogens with one attached hydrogen (secondary N) is 1. The van der Waals surface area contributed by atoms with Crippen LogP contribution >= 0.6 is 0 Å². The predicted molar refractivity (Wildman–Crippen MR) is 146 cm³/mol. The van der Waals surface area contributed by atoms with Gasteiger partial charge in [0, 0.05) is 26.1 Å². The summed E-state index contributed by atoms with van der Waals surface area (Å²) in [6, 6.07) is 14.6. The molecule has 36 heavy (non-hydrogen) atoms. The lowest BCUT2D eigenvalue weighted by atomic mass is 10.1. The van der Waals surface area contributed by atoms with Crippen molar-refractivity contribution in [2.75, 3.05) is 23.7 Å². The van der Waals surface area contributed by atoms with Crippen molar-refractivity contribution < 1.29 is 18.0 Å². The van der Waals surface area contributed by atoms with Gasteiger partial charge in [0.15, 0.2) is 0 Å². The minimum absolute atomic E-state index is 0.137. The molecule has 0 aliphatic heterocycles. The summed E-state index contributed by atoms with van der Waals surface area (Å²) in [5.74, 6) is -0.0275. The summed E-state index contributed by atoms with van der Waals surface area (Å²) in [6.45, 7) is 10.9. The van der Waals surface area contributed by atoms with Crippen LogP contribution in [0.5, 0.6) is 0 Å². The van der Waals surface area contributed by atoms with Crippen molar-refractivity contribution in [2.45, 2.75) is 66.5 Å². The molecule has 0 aliphatic rings. The summed E-state index contributed by atoms with van der Waals surface area (Å²) in [4.78, 5) is 28.1. The number of carbonyl (C=O) groups excluding carboxylic acids is 2. The van der Waals surface area contributed by atoms with E-state index in [4.69, 9.17) is 0 Å². The number of amides is 2. The Hall–Kier alpha value is -2.87. The summed E-state index contributed by atoms with van der Waals surface area (Å²) in [5.41, 5.74) is 3.61. The Labute approximate surface area is 216 Å². The van der Waals surface area contributed by atoms with Gasteiger partial charge in [0.25, 0.3) is 0 Å². The van der Waals surface area contributed by atoms with E-state index in [0.717, 1.165) is 16.7 Å². The molecule has 1 N–H and O–H groups in total. The van der Waals surface area contributed by atoms with Crippen molar-refractivity contribution in [2.24, 2.45) is 5.92 Å². The van der Waals surface area contributed by atoms with Gasteiger partial charge in [-0.15, -0.1) is 0 Å². The van der Waals surface area contributed by atoms with Crippen LogP contribution in [0.4, 0.5) is 5.69 Å². The molecule has 2 aromatic rings. The predicted octanol–water partition coefficient (Wildman–Crippen LogP) is 4.43. The molecule has 8 heteroatoms. The monoisotopic (exact) mass is 515 g/mol. The topological polar surface area (TPSA) is 86.8 Å². The zero-order valence-corrected chi connectivity index (χ0v) is 23.3. The number of carbonyl (C=O) groups is 2. The van der Waals surface area contributed by atoms with Crippen LogP contribution in [-0.2, 0) is 26.2 Å². The number of nitrogens with zero attached hydrogens (tertiary/aromatic N) is 2. The quantitative estimate of drug-likeness (QED) is 0.428. The number of sulfonamides is 1. The summed E-state index contributed by atoms with van der Waals surface area (Å²) >= 11 is 0. The Bertz CT molecular complexity index is 1110. The van der Waals surface area contributed by atoms with Gasteiger partial charge >= 0.3 is 0 Å². The second-order valence-electron chi connectivity index (χ2n) is 9.85. The van der Waals surface area contributed by atoms with Gasteiger partial charge in [-0.25, -0.2) is 8.42 Å². The summed E-state index contributed by atoms with van der Waals surface area (Å²) < 4.78 is 26.3. The van der Waals surface area contributed by atoms with Crippen molar-refractivity contribution in [3.05, 3.63) is 65.2 Å². The van der Waals surface area contributed by atoms with Crippen LogP contribution in [0.25, 0.3) is 0 Å². The largest absolute Gasteiger partial charge is 0.354 e. The summed E-state index contributed by atoms with van der Waals surface area (Å²) in [7, 11) is -3.51. The van der Waals surface area contributed by atoms with E-state index in [1.54, 1.807) is 11.0 Å². The van der Waals surface area contributed by atoms with Gasteiger partial charge in [-0.3, -0.25) is 13.9 Å². The molecule has 0 bridgehead atoms. The van der Waals surface area contributed by atoms with E-state index in [0.29, 0.717) is 37.5 Å². The molecule has 0 aromatic heterocycles. The maximum absolute atomic E-state index is 13.5. The Morgan fingerprint density at radius 2 is 1.67 bits per heavy atom. The minimum Gasteiger partial charge on any atom is -0.354 e. The lowest BCUT2D eigenvalue weighted by Crippen LogP contribution is -2.49. The average molecular weight is 516 g/mol. The SMILES string of the molecule is CCC(C(=O)NCC(C)C)N(Cc1ccc(C)cc1)C(=O)CCCN(c1cccc(C)c1)S(C)(=O)=O. The average Bonchev–Trinajstić information content (AvgIpc) is 2.80. The Balaban J connectivity index is 2.20. The maximum atomic E-state index is 13.5. The van der Waals surface area contributed by atoms with Crippen LogP contribution in [0, 0.1) is 19.8 Å². The first-order valence-corrected chi connectivity index (χ1v) is 14.4. The van der Waals surface area contributed by atoms with Gasteiger partial charge in [0.05, 0.1) is 11.9 Å². The van der Waals surface area contributed by atoms with Crippen LogP contribution in [0.2, 0.25) is 0 Å². The molecule has 0 fully saturated rings. The lowest BCUT2D eigenvalue weighted by Gasteiger charge is -2.31. The molecule has 0 saturated carbocycles. The lowest BCUT2D eigenvalue weighted by molar-refractivity contribution is -0.141. The third-order valence-electron chi connectivity index (χ3n) is 5.99. The van der Waals surface area contributed by atoms with E-state index >= 15 is 0 Å². The first kappa shape index (κ1) is 29.4. The number of aryl methyl sites for hydroxylation is 2. The zero-order chi connectivity index (χ0) is 26.9. The Kier molecular flexibility index (Phi) is 11.0. The molecule has 7 nitrogen and oxygen atoms in total. The first-order valence-electron chi connectivity index (χ1n) is 12.6. The first-order chi connectivity index (χ1) is 16.9. The van der Waals surface area contributed by atoms with Crippen molar-refractivity contribution in [1.29, 1.82) is 0 Å². The molecule has 1 atom stereocenters. The molecular formula is C28H41N3O4S. The van der Waals surface area contributed by atoms with Gasteiger partial charge in [0.2, 0.25) is 21.8 Å². The van der Waals surface area contributed by atoms with Gasteiger partial charge < -0.3 is 10.2 Å². The summed E-state index contributed by atoms with van der Waals surface area (Å²) in [5, 5.41) is 2.96. The number of hydrogen-bond donors (Lipinski definition) is 1. The van der Waals surface area contributed by atoms with E-state index in [1.807, 2.05) is 77.1 Å². The number of benzene rings is 2. The highest BCUT2D eigenvalue weighted by atomic mass is 32.2. The fourth-order valence-corrected chi connectivity index (χ4v) is 4.98. The second kappa shape index (κ2) is 13.4. The molecule has 0 saturated heterocycles. The van der Waals surface area contributed by atoms with Crippen LogP contribution in [0.15, 0.2) is 48.5 Å². The molecule has 1 unspecified atom stereocenters. The van der Waals surface area contributed by atoms with Crippen LogP contribution in [-0.4, -0.2) is 50.5 Å². The molecule has 0 spiro atoms. The van der Waals surface area contributed by atoms with E-state index in [9.17, 15) is 18.0 Å². The molecule has 2 rings (SSSR count). The van der Waals surface area contributed by atoms with Gasteiger partial charge in [-0.1, -0.05) is 62.7 Å². The highest BCUT2D eigenvalue weighted by Crippen LogP contribution is 2.21. The van der Waals surface area contributed by atoms with Gasteiger partial charge in [-0.2, -0.15) is 0 Å². The fraction of sp³-hybridized carbons (Fsp3) is 0.500. The minimum atomic E-state index is -3.51. The molecular weight excluding hydrogens is 474 g/mol. The van der Waals surface area contributed by atoms with Gasteiger partial charge in [-0.05, 0) is 55.9 Å². The fourth-order valence-electron chi connectivity index (χ4n) is 4.02. The zero-order valence-electron chi connectivity index (χ0n) is 22.5. The van der Waals surface area contributed by atoms with Crippen molar-refractivity contribution in [3.8, 4) is 0 Å². The Morgan fingerprint density at radius 3 is 2.22 bits per heavy atom. The van der Waals surface area contributed by atoms with Crippen LogP contribution in [0.1, 0.15) is 56.7 Å². The third kappa shape index (κ3) is 8.97. The van der Waals surface area contributed by atoms with Crippen LogP contribution in [0.3, 0.4) is 0 Å². The van der Waals surface area contributed by atoms with E-state index in [2.05, 4.69) is 5.32 Å². The van der Waals surface area contributed by atoms with E-state index in [1.165, 1.54) is 10.6 Å². The molecule has 0 heterocycles. The molecule has 198 valence electrons. The molecule has 0 aliphatic carbocycles. The smallest absolute Gasteiger partial charge is 0.242 e. The highest BCUT2D eigenvalue weighted by molar-refractivity contribution is 7.92. The molecule has 2 amide bonds. The molecule has 0 radical (unpaired) electrons. The Morgan fingerprint density at radius 1 is 1.00 bits per heavy atom. The maximum Gasteiger partial charge on any atom is 0.242 e. The molecule has 2 aromatic carbocycles. The third-order valence-corrected chi connectivity index (χ3v) is 7.18. The number of anilines is 1. The van der Waals surface area contributed by atoms with Crippen molar-refractivity contribution in [3.63, 3.8) is 0 Å². The normalized spacial score (nSPS) is 12.3. The van der Waals surface area contributed by atoms with E-state index < -0.39 is 16.1 Å².